The minimum Gasteiger partial charge on any atom is -0.496 e. The number of aliphatic hydroxyl groups excluding tert-OH is 1. The number of methoxy groups -OCH3 is 3. The molecule has 1 saturated heterocycles. The van der Waals surface area contributed by atoms with Crippen LogP contribution in [0.1, 0.15) is 85.1 Å². The van der Waals surface area contributed by atoms with Gasteiger partial charge in [0.2, 0.25) is 5.78 Å². The van der Waals surface area contributed by atoms with Gasteiger partial charge in [0.05, 0.1) is 60.2 Å². The Hall–Kier alpha value is -5.16. The van der Waals surface area contributed by atoms with Gasteiger partial charge in [0.15, 0.2) is 5.78 Å². The van der Waals surface area contributed by atoms with E-state index in [0.717, 1.165) is 13.1 Å². The van der Waals surface area contributed by atoms with E-state index in [1.54, 1.807) is 52.0 Å². The summed E-state index contributed by atoms with van der Waals surface area (Å²) < 4.78 is 35.6. The molecule has 1 aliphatic carbocycles. The molecule has 0 unspecified atom stereocenters. The summed E-state index contributed by atoms with van der Waals surface area (Å²) in [7, 11) is 6.33. The SMILES string of the molecule is COc1c(C)c2c3c4c1C(=O)C(=C(/C=N/N1CCN(C)CC1)C4=O)NC(=O)/C(C)=C\C=C\[C@H](C)[C@H](OC)[C@@H](C)[C@@H](O)[C@@H](C)[C@H](OC(C)=O)[C@H](C)[C@@H](OC)/C=C/O[C@@](C)(O2)C3=O. The third-order valence-corrected chi connectivity index (χ3v) is 12.2. The van der Waals surface area contributed by atoms with E-state index in [2.05, 4.69) is 15.3 Å². The number of nitrogens with one attached hydrogen (secondary N) is 1. The lowest BCUT2D eigenvalue weighted by Crippen LogP contribution is -2.47. The molecular formula is C45H60N4O12. The van der Waals surface area contributed by atoms with Gasteiger partial charge in [-0.25, -0.2) is 0 Å². The molecule has 5 aliphatic rings. The molecule has 1 aromatic carbocycles. The summed E-state index contributed by atoms with van der Waals surface area (Å²) in [4.78, 5) is 72.6. The number of Topliss-reactive ketones (excluding diaryl/α,β-unsaturated/α-hetero) is 3. The van der Waals surface area contributed by atoms with Crippen LogP contribution < -0.4 is 14.8 Å². The third kappa shape index (κ3) is 9.37. The first-order valence-electron chi connectivity index (χ1n) is 20.5. The van der Waals surface area contributed by atoms with Crippen LogP contribution in [0.5, 0.6) is 11.5 Å². The molecule has 1 amide bonds. The monoisotopic (exact) mass is 848 g/mol. The van der Waals surface area contributed by atoms with Crippen LogP contribution in [0.25, 0.3) is 0 Å². The van der Waals surface area contributed by atoms with E-state index in [-0.39, 0.29) is 56.5 Å². The Morgan fingerprint density at radius 2 is 1.57 bits per heavy atom. The van der Waals surface area contributed by atoms with E-state index in [1.165, 1.54) is 46.6 Å². The minimum atomic E-state index is -2.02. The van der Waals surface area contributed by atoms with Crippen molar-refractivity contribution < 1.29 is 57.5 Å². The summed E-state index contributed by atoms with van der Waals surface area (Å²) in [6.07, 6.45) is 5.98. The van der Waals surface area contributed by atoms with Gasteiger partial charge < -0.3 is 43.7 Å². The molecule has 16 nitrogen and oxygen atoms in total. The maximum atomic E-state index is 14.8. The molecule has 0 aromatic heterocycles. The number of fused-ring (bicyclic) bond motifs is 14. The molecule has 1 aromatic rings. The number of aliphatic hydroxyl groups is 1. The number of allylic oxidation sites excluding steroid dienone is 4. The molecule has 61 heavy (non-hydrogen) atoms. The summed E-state index contributed by atoms with van der Waals surface area (Å²) in [6, 6.07) is 0. The molecule has 1 fully saturated rings. The fourth-order valence-corrected chi connectivity index (χ4v) is 8.55. The maximum Gasteiger partial charge on any atom is 0.312 e. The van der Waals surface area contributed by atoms with Gasteiger partial charge in [0.1, 0.15) is 23.3 Å². The predicted octanol–water partition coefficient (Wildman–Crippen LogP) is 4.19. The lowest BCUT2D eigenvalue weighted by Gasteiger charge is -2.38. The van der Waals surface area contributed by atoms with Crippen LogP contribution in [0.15, 0.2) is 52.5 Å². The van der Waals surface area contributed by atoms with Crippen LogP contribution in [-0.4, -0.2) is 135 Å². The van der Waals surface area contributed by atoms with Crippen molar-refractivity contribution in [2.24, 2.45) is 28.8 Å². The van der Waals surface area contributed by atoms with E-state index in [0.29, 0.717) is 13.1 Å². The largest absolute Gasteiger partial charge is 0.496 e. The topological polar surface area (TPSA) is 192 Å². The summed E-state index contributed by atoms with van der Waals surface area (Å²) in [5, 5.41) is 20.8. The van der Waals surface area contributed by atoms with Crippen LogP contribution in [0.3, 0.4) is 0 Å². The number of ketones is 3. The Kier molecular flexibility index (Phi) is 14.8. The number of ether oxygens (including phenoxy) is 6. The lowest BCUT2D eigenvalue weighted by atomic mass is 9.78. The smallest absolute Gasteiger partial charge is 0.312 e. The second kappa shape index (κ2) is 19.3. The van der Waals surface area contributed by atoms with Gasteiger partial charge in [-0.1, -0.05) is 45.9 Å². The zero-order valence-corrected chi connectivity index (χ0v) is 37.2. The number of hydrogen-bond donors (Lipinski definition) is 2. The number of likely N-dealkylation sites (N-methyl/N-ethyl adjacent to an activating group) is 1. The number of piperazine rings is 1. The van der Waals surface area contributed by atoms with E-state index >= 15 is 0 Å². The van der Waals surface area contributed by atoms with E-state index < -0.39 is 77.2 Å². The summed E-state index contributed by atoms with van der Waals surface area (Å²) in [6.45, 7) is 15.7. The van der Waals surface area contributed by atoms with Gasteiger partial charge in [0.25, 0.3) is 11.7 Å². The Balaban J connectivity index is 1.69. The Morgan fingerprint density at radius 3 is 2.18 bits per heavy atom. The summed E-state index contributed by atoms with van der Waals surface area (Å²) in [5.74, 6) is -7.41. The highest BCUT2D eigenvalue weighted by Gasteiger charge is 2.53. The Morgan fingerprint density at radius 1 is 0.918 bits per heavy atom. The molecule has 0 radical (unpaired) electrons. The lowest BCUT2D eigenvalue weighted by molar-refractivity contribution is -0.161. The fraction of sp³-hybridized carbons (Fsp3) is 0.556. The number of rotatable bonds is 6. The third-order valence-electron chi connectivity index (χ3n) is 12.2. The minimum absolute atomic E-state index is 0.0105. The van der Waals surface area contributed by atoms with Crippen molar-refractivity contribution in [1.82, 2.24) is 15.2 Å². The highest BCUT2D eigenvalue weighted by molar-refractivity contribution is 6.37. The van der Waals surface area contributed by atoms with Crippen molar-refractivity contribution >= 4 is 35.4 Å². The van der Waals surface area contributed by atoms with E-state index in [9.17, 15) is 29.1 Å². The zero-order chi connectivity index (χ0) is 45.1. The van der Waals surface area contributed by atoms with E-state index in [4.69, 9.17) is 28.4 Å². The highest BCUT2D eigenvalue weighted by atomic mass is 16.7. The fourth-order valence-electron chi connectivity index (χ4n) is 8.55. The first-order chi connectivity index (χ1) is 28.8. The predicted molar refractivity (Wildman–Crippen MR) is 225 cm³/mol. The number of hydrazone groups is 1. The quantitative estimate of drug-likeness (QED) is 0.306. The molecule has 0 spiro atoms. The summed E-state index contributed by atoms with van der Waals surface area (Å²) in [5.41, 5.74) is -0.743. The molecule has 0 saturated carbocycles. The van der Waals surface area contributed by atoms with Crippen molar-refractivity contribution in [3.8, 4) is 11.5 Å². The van der Waals surface area contributed by atoms with Gasteiger partial charge in [-0.15, -0.1) is 0 Å². The van der Waals surface area contributed by atoms with Crippen molar-refractivity contribution in [2.75, 3.05) is 54.6 Å². The Labute approximate surface area is 357 Å². The van der Waals surface area contributed by atoms with Crippen molar-refractivity contribution in [3.05, 3.63) is 69.7 Å². The number of amides is 1. The molecule has 9 atom stereocenters. The number of benzene rings is 1. The average molecular weight is 849 g/mol. The van der Waals surface area contributed by atoms with Crippen molar-refractivity contribution in [3.63, 3.8) is 0 Å². The van der Waals surface area contributed by atoms with Crippen LogP contribution in [0, 0.1) is 30.6 Å². The highest BCUT2D eigenvalue weighted by Crippen LogP contribution is 2.49. The number of hydrogen-bond acceptors (Lipinski definition) is 15. The first-order valence-corrected chi connectivity index (χ1v) is 20.5. The molecule has 2 N–H and O–H groups in total. The molecule has 16 heteroatoms. The first kappa shape index (κ1) is 46.9. The van der Waals surface area contributed by atoms with Crippen LogP contribution in [0.2, 0.25) is 0 Å². The molecule has 6 rings (SSSR count). The molecule has 332 valence electrons. The average Bonchev–Trinajstić information content (AvgIpc) is 3.49. The van der Waals surface area contributed by atoms with Crippen LogP contribution in [0.4, 0.5) is 0 Å². The number of carbonyl (C=O) groups is 5. The standard InChI is InChI=1S/C45H60N4O12/c1-23-14-13-15-24(2)44(55)47-35-30(22-46-49-19-17-48(9)18-20-49)37(52)32-33(38(35)53)41(58-12)28(6)42-34(32)43(54)45(8,61-42)59-21-16-31(56-10)25(3)40(60-29(7)50)27(5)36(51)26(4)39(23)57-11/h13-16,21-23,25-27,31,36,39-40,51H,17-20H2,1-12H3,(H,47,55)/b14-13+,21-16+,24-15-,46-22+/t23-,25+,26-,27+,31-,36+,39-,40+,45-/m0/s1. The van der Waals surface area contributed by atoms with Crippen LogP contribution in [-0.2, 0) is 28.5 Å². The van der Waals surface area contributed by atoms with Gasteiger partial charge in [-0.05, 0) is 27.0 Å². The molecular weight excluding hydrogens is 789 g/mol. The molecule has 4 heterocycles. The van der Waals surface area contributed by atoms with Crippen LogP contribution >= 0.6 is 0 Å². The zero-order valence-electron chi connectivity index (χ0n) is 37.2. The van der Waals surface area contributed by atoms with Crippen molar-refractivity contribution in [2.45, 2.75) is 85.6 Å². The number of esters is 1. The number of nitrogens with zero attached hydrogens (tertiary/aromatic N) is 3. The van der Waals surface area contributed by atoms with E-state index in [1.807, 2.05) is 27.0 Å². The number of carbonyl (C=O) groups excluding carboxylic acids is 5. The second-order valence-electron chi connectivity index (χ2n) is 16.5. The molecule has 5 bridgehead atoms. The maximum absolute atomic E-state index is 14.8. The van der Waals surface area contributed by atoms with Crippen molar-refractivity contribution in [1.29, 1.82) is 0 Å². The Bertz CT molecular complexity index is 2060. The van der Waals surface area contributed by atoms with Gasteiger partial charge >= 0.3 is 11.8 Å². The second-order valence-corrected chi connectivity index (χ2v) is 16.5. The van der Waals surface area contributed by atoms with Gasteiger partial charge in [-0.2, -0.15) is 5.10 Å². The molecule has 4 aliphatic heterocycles. The van der Waals surface area contributed by atoms with Gasteiger partial charge in [-0.3, -0.25) is 29.0 Å². The van der Waals surface area contributed by atoms with Gasteiger partial charge in [0, 0.05) is 89.1 Å². The normalized spacial score (nSPS) is 32.5. The summed E-state index contributed by atoms with van der Waals surface area (Å²) >= 11 is 0.